The van der Waals surface area contributed by atoms with Gasteiger partial charge in [-0.2, -0.15) is 5.10 Å². The summed E-state index contributed by atoms with van der Waals surface area (Å²) in [7, 11) is 0. The fourth-order valence-corrected chi connectivity index (χ4v) is 3.20. The van der Waals surface area contributed by atoms with Gasteiger partial charge in [0, 0.05) is 23.9 Å². The highest BCUT2D eigenvalue weighted by atomic mass is 16.3. The van der Waals surface area contributed by atoms with Crippen LogP contribution in [0.5, 0.6) is 0 Å². The van der Waals surface area contributed by atoms with Gasteiger partial charge in [-0.1, -0.05) is 13.3 Å². The largest absolute Gasteiger partial charge is 0.393 e. The van der Waals surface area contributed by atoms with Gasteiger partial charge in [-0.15, -0.1) is 0 Å². The molecule has 20 heavy (non-hydrogen) atoms. The van der Waals surface area contributed by atoms with Crippen molar-refractivity contribution >= 4 is 5.65 Å². The molecule has 0 spiro atoms. The van der Waals surface area contributed by atoms with E-state index in [0.717, 1.165) is 49.9 Å². The van der Waals surface area contributed by atoms with Gasteiger partial charge in [0.1, 0.15) is 5.65 Å². The highest BCUT2D eigenvalue weighted by Gasteiger charge is 2.23. The molecule has 3 rings (SSSR count). The molecule has 0 aliphatic heterocycles. The number of hydrogen-bond donors (Lipinski definition) is 1. The highest BCUT2D eigenvalue weighted by Crippen LogP contribution is 2.28. The van der Waals surface area contributed by atoms with E-state index in [9.17, 15) is 9.90 Å². The second-order valence-electron chi connectivity index (χ2n) is 5.66. The zero-order valence-corrected chi connectivity index (χ0v) is 11.8. The van der Waals surface area contributed by atoms with E-state index in [-0.39, 0.29) is 17.7 Å². The molecule has 5 heteroatoms. The molecule has 0 amide bonds. The van der Waals surface area contributed by atoms with Gasteiger partial charge in [0.05, 0.1) is 12.3 Å². The van der Waals surface area contributed by atoms with Crippen molar-refractivity contribution in [3.8, 4) is 0 Å². The standard InChI is InChI=1S/C15H21N3O2/c1-2-3-12-10-15(20)17(14-8-9-16-18(12)14)11-4-6-13(19)7-5-11/h8-11,13,19H,2-7H2,1H3. The molecule has 0 atom stereocenters. The van der Waals surface area contributed by atoms with Gasteiger partial charge in [-0.3, -0.25) is 9.36 Å². The fourth-order valence-electron chi connectivity index (χ4n) is 3.20. The maximum Gasteiger partial charge on any atom is 0.254 e. The van der Waals surface area contributed by atoms with E-state index in [1.54, 1.807) is 12.3 Å². The topological polar surface area (TPSA) is 59.5 Å². The molecule has 1 aliphatic carbocycles. The zero-order chi connectivity index (χ0) is 14.1. The van der Waals surface area contributed by atoms with Gasteiger partial charge >= 0.3 is 0 Å². The van der Waals surface area contributed by atoms with E-state index in [4.69, 9.17) is 0 Å². The SMILES string of the molecule is CCCc1cc(=O)n(C2CCC(O)CC2)c2ccnn12. The summed E-state index contributed by atoms with van der Waals surface area (Å²) in [5, 5.41) is 14.0. The third-order valence-corrected chi connectivity index (χ3v) is 4.21. The first-order valence-electron chi connectivity index (χ1n) is 7.47. The third-order valence-electron chi connectivity index (χ3n) is 4.21. The Morgan fingerprint density at radius 1 is 1.35 bits per heavy atom. The summed E-state index contributed by atoms with van der Waals surface area (Å²) < 4.78 is 3.74. The quantitative estimate of drug-likeness (QED) is 0.931. The first-order chi connectivity index (χ1) is 9.70. The molecule has 0 saturated heterocycles. The summed E-state index contributed by atoms with van der Waals surface area (Å²) in [6.45, 7) is 2.10. The average Bonchev–Trinajstić information content (AvgIpc) is 2.90. The molecule has 1 N–H and O–H groups in total. The van der Waals surface area contributed by atoms with Crippen molar-refractivity contribution in [3.05, 3.63) is 34.4 Å². The molecule has 1 fully saturated rings. The Morgan fingerprint density at radius 2 is 2.10 bits per heavy atom. The number of nitrogens with zero attached hydrogens (tertiary/aromatic N) is 3. The molecular formula is C15H21N3O2. The summed E-state index contributed by atoms with van der Waals surface area (Å²) in [5.74, 6) is 0. The maximum absolute atomic E-state index is 12.5. The molecule has 0 radical (unpaired) electrons. The molecule has 0 aromatic carbocycles. The van der Waals surface area contributed by atoms with Crippen molar-refractivity contribution < 1.29 is 5.11 Å². The molecule has 108 valence electrons. The molecular weight excluding hydrogens is 254 g/mol. The summed E-state index contributed by atoms with van der Waals surface area (Å²) in [6, 6.07) is 3.81. The Hall–Kier alpha value is -1.62. The van der Waals surface area contributed by atoms with Crippen molar-refractivity contribution in [2.24, 2.45) is 0 Å². The van der Waals surface area contributed by atoms with Crippen LogP contribution in [-0.4, -0.2) is 25.4 Å². The highest BCUT2D eigenvalue weighted by molar-refractivity contribution is 5.40. The number of rotatable bonds is 3. The average molecular weight is 275 g/mol. The van der Waals surface area contributed by atoms with Crippen LogP contribution in [0.1, 0.15) is 50.8 Å². The summed E-state index contributed by atoms with van der Waals surface area (Å²) in [6.07, 6.45) is 6.65. The Morgan fingerprint density at radius 3 is 2.80 bits per heavy atom. The van der Waals surface area contributed by atoms with Gasteiger partial charge in [0.15, 0.2) is 0 Å². The van der Waals surface area contributed by atoms with E-state index in [1.807, 2.05) is 15.1 Å². The zero-order valence-electron chi connectivity index (χ0n) is 11.8. The molecule has 1 aliphatic rings. The number of aliphatic hydroxyl groups is 1. The van der Waals surface area contributed by atoms with Crippen LogP contribution < -0.4 is 5.56 Å². The second-order valence-corrected chi connectivity index (χ2v) is 5.66. The smallest absolute Gasteiger partial charge is 0.254 e. The van der Waals surface area contributed by atoms with Gasteiger partial charge in [0.25, 0.3) is 5.56 Å². The van der Waals surface area contributed by atoms with Crippen molar-refractivity contribution in [2.75, 3.05) is 0 Å². The molecule has 2 aromatic rings. The lowest BCUT2D eigenvalue weighted by Crippen LogP contribution is -2.31. The molecule has 2 heterocycles. The van der Waals surface area contributed by atoms with E-state index in [0.29, 0.717) is 0 Å². The number of aliphatic hydroxyl groups excluding tert-OH is 1. The maximum atomic E-state index is 12.5. The first kappa shape index (κ1) is 13.4. The van der Waals surface area contributed by atoms with Crippen LogP contribution in [-0.2, 0) is 6.42 Å². The first-order valence-corrected chi connectivity index (χ1v) is 7.47. The Kier molecular flexibility index (Phi) is 3.61. The van der Waals surface area contributed by atoms with Gasteiger partial charge in [-0.25, -0.2) is 4.52 Å². The van der Waals surface area contributed by atoms with Gasteiger partial charge in [0.2, 0.25) is 0 Å². The number of hydrogen-bond acceptors (Lipinski definition) is 3. The van der Waals surface area contributed by atoms with E-state index in [1.165, 1.54) is 0 Å². The van der Waals surface area contributed by atoms with E-state index < -0.39 is 0 Å². The van der Waals surface area contributed by atoms with Gasteiger partial charge in [-0.05, 0) is 32.1 Å². The monoisotopic (exact) mass is 275 g/mol. The van der Waals surface area contributed by atoms with Crippen LogP contribution in [0.15, 0.2) is 23.1 Å². The van der Waals surface area contributed by atoms with Crippen LogP contribution in [0.2, 0.25) is 0 Å². The summed E-state index contributed by atoms with van der Waals surface area (Å²) in [4.78, 5) is 12.5. The van der Waals surface area contributed by atoms with Gasteiger partial charge < -0.3 is 5.11 Å². The Labute approximate surface area is 117 Å². The lowest BCUT2D eigenvalue weighted by Gasteiger charge is -2.27. The number of aromatic nitrogens is 3. The third kappa shape index (κ3) is 2.26. The fraction of sp³-hybridized carbons (Fsp3) is 0.600. The minimum atomic E-state index is -0.206. The van der Waals surface area contributed by atoms with Crippen LogP contribution in [0.4, 0.5) is 0 Å². The number of fused-ring (bicyclic) bond motifs is 1. The molecule has 1 saturated carbocycles. The predicted molar refractivity (Wildman–Crippen MR) is 77.0 cm³/mol. The minimum Gasteiger partial charge on any atom is -0.393 e. The van der Waals surface area contributed by atoms with Crippen molar-refractivity contribution in [2.45, 2.75) is 57.6 Å². The minimum absolute atomic E-state index is 0.0582. The van der Waals surface area contributed by atoms with Crippen LogP contribution in [0.3, 0.4) is 0 Å². The Bertz CT molecular complexity index is 651. The van der Waals surface area contributed by atoms with E-state index >= 15 is 0 Å². The lowest BCUT2D eigenvalue weighted by molar-refractivity contribution is 0.110. The molecule has 5 nitrogen and oxygen atoms in total. The van der Waals surface area contributed by atoms with E-state index in [2.05, 4.69) is 12.0 Å². The summed E-state index contributed by atoms with van der Waals surface area (Å²) >= 11 is 0. The van der Waals surface area contributed by atoms with Crippen molar-refractivity contribution in [3.63, 3.8) is 0 Å². The lowest BCUT2D eigenvalue weighted by atomic mass is 9.93. The van der Waals surface area contributed by atoms with Crippen LogP contribution in [0.25, 0.3) is 5.65 Å². The van der Waals surface area contributed by atoms with Crippen molar-refractivity contribution in [1.82, 2.24) is 14.2 Å². The molecule has 2 aromatic heterocycles. The molecule has 0 unspecified atom stereocenters. The normalized spacial score (nSPS) is 23.3. The summed E-state index contributed by atoms with van der Waals surface area (Å²) in [5.41, 5.74) is 1.91. The second kappa shape index (κ2) is 5.40. The predicted octanol–water partition coefficient (Wildman–Crippen LogP) is 1.92. The van der Waals surface area contributed by atoms with Crippen molar-refractivity contribution in [1.29, 1.82) is 0 Å². The van der Waals surface area contributed by atoms with Crippen LogP contribution >= 0.6 is 0 Å². The Balaban J connectivity index is 2.07. The number of aryl methyl sites for hydroxylation is 1. The van der Waals surface area contributed by atoms with Crippen LogP contribution in [0, 0.1) is 0 Å². The molecule has 0 bridgehead atoms.